The number of carbonyl (C=O) groups excluding carboxylic acids is 1. The molecule has 0 aliphatic rings. The summed E-state index contributed by atoms with van der Waals surface area (Å²) in [4.78, 5) is 11.7. The maximum Gasteiger partial charge on any atom is 0.225 e. The van der Waals surface area contributed by atoms with Gasteiger partial charge in [-0.15, -0.1) is 11.6 Å². The number of carbonyl (C=O) groups is 1. The van der Waals surface area contributed by atoms with Crippen molar-refractivity contribution in [2.75, 3.05) is 11.2 Å². The van der Waals surface area contributed by atoms with E-state index in [1.54, 1.807) is 0 Å². The Hall–Kier alpha value is -1.02. The van der Waals surface area contributed by atoms with Gasteiger partial charge in [-0.2, -0.15) is 0 Å². The van der Waals surface area contributed by atoms with Crippen LogP contribution in [0.2, 0.25) is 0 Å². The van der Waals surface area contributed by atoms with Crippen LogP contribution in [0.25, 0.3) is 0 Å². The summed E-state index contributed by atoms with van der Waals surface area (Å²) in [6.45, 7) is 13.1. The van der Waals surface area contributed by atoms with E-state index in [2.05, 4.69) is 65.1 Å². The molecule has 0 saturated carbocycles. The van der Waals surface area contributed by atoms with Crippen LogP contribution in [0.4, 0.5) is 5.69 Å². The smallest absolute Gasteiger partial charge is 0.225 e. The molecular formula is C17H26ClNO. The van der Waals surface area contributed by atoms with E-state index in [4.69, 9.17) is 11.6 Å². The zero-order chi connectivity index (χ0) is 15.6. The van der Waals surface area contributed by atoms with Gasteiger partial charge in [-0.25, -0.2) is 0 Å². The standard InChI is InChI=1S/C17H26ClNO/c1-16(2,3)12-9-13(17(4,5)6)11-14(10-12)19-15(20)7-8-18/h9-11H,7-8H2,1-6H3,(H,19,20). The molecule has 0 spiro atoms. The largest absolute Gasteiger partial charge is 0.326 e. The average molecular weight is 296 g/mol. The van der Waals surface area contributed by atoms with Gasteiger partial charge in [-0.05, 0) is 34.1 Å². The highest BCUT2D eigenvalue weighted by Crippen LogP contribution is 2.32. The molecule has 20 heavy (non-hydrogen) atoms. The zero-order valence-corrected chi connectivity index (χ0v) is 14.2. The molecule has 0 aliphatic heterocycles. The molecule has 1 aromatic carbocycles. The summed E-state index contributed by atoms with van der Waals surface area (Å²) >= 11 is 5.61. The number of hydrogen-bond acceptors (Lipinski definition) is 1. The van der Waals surface area contributed by atoms with Gasteiger partial charge in [0.25, 0.3) is 0 Å². The molecule has 0 radical (unpaired) electrons. The fourth-order valence-corrected chi connectivity index (χ4v) is 2.05. The highest BCUT2D eigenvalue weighted by Gasteiger charge is 2.20. The first-order valence-corrected chi connectivity index (χ1v) is 7.59. The van der Waals surface area contributed by atoms with Crippen LogP contribution in [0.1, 0.15) is 59.1 Å². The number of alkyl halides is 1. The molecule has 1 rings (SSSR count). The van der Waals surface area contributed by atoms with Crippen LogP contribution in [0, 0.1) is 0 Å². The second-order valence-corrected chi connectivity index (χ2v) is 7.66. The predicted molar refractivity (Wildman–Crippen MR) is 87.8 cm³/mol. The molecule has 0 unspecified atom stereocenters. The van der Waals surface area contributed by atoms with Crippen LogP contribution in [-0.4, -0.2) is 11.8 Å². The molecule has 1 N–H and O–H groups in total. The van der Waals surface area contributed by atoms with Gasteiger partial charge in [-0.3, -0.25) is 4.79 Å². The minimum atomic E-state index is -0.0362. The van der Waals surface area contributed by atoms with E-state index in [9.17, 15) is 4.79 Å². The third-order valence-corrected chi connectivity index (χ3v) is 3.46. The van der Waals surface area contributed by atoms with Crippen molar-refractivity contribution < 1.29 is 4.79 Å². The van der Waals surface area contributed by atoms with Crippen molar-refractivity contribution in [1.29, 1.82) is 0 Å². The maximum absolute atomic E-state index is 11.7. The monoisotopic (exact) mass is 295 g/mol. The number of halogens is 1. The van der Waals surface area contributed by atoms with E-state index in [0.717, 1.165) is 5.69 Å². The Morgan fingerprint density at radius 1 is 1.00 bits per heavy atom. The topological polar surface area (TPSA) is 29.1 Å². The number of rotatable bonds is 3. The molecule has 0 fully saturated rings. The summed E-state index contributed by atoms with van der Waals surface area (Å²) in [7, 11) is 0. The Morgan fingerprint density at radius 2 is 1.45 bits per heavy atom. The second kappa shape index (κ2) is 6.17. The molecule has 0 atom stereocenters. The van der Waals surface area contributed by atoms with Crippen molar-refractivity contribution >= 4 is 23.2 Å². The van der Waals surface area contributed by atoms with Gasteiger partial charge in [0.2, 0.25) is 5.91 Å². The molecule has 2 nitrogen and oxygen atoms in total. The first-order valence-electron chi connectivity index (χ1n) is 7.06. The number of nitrogens with one attached hydrogen (secondary N) is 1. The van der Waals surface area contributed by atoms with Gasteiger partial charge in [0, 0.05) is 18.0 Å². The van der Waals surface area contributed by atoms with Crippen LogP contribution in [0.5, 0.6) is 0 Å². The van der Waals surface area contributed by atoms with Crippen molar-refractivity contribution in [3.8, 4) is 0 Å². The quantitative estimate of drug-likeness (QED) is 0.794. The van der Waals surface area contributed by atoms with Crippen LogP contribution in [0.15, 0.2) is 18.2 Å². The van der Waals surface area contributed by atoms with E-state index < -0.39 is 0 Å². The Bertz CT molecular complexity index is 448. The Morgan fingerprint density at radius 3 is 1.80 bits per heavy atom. The molecule has 112 valence electrons. The molecule has 1 amide bonds. The fraction of sp³-hybridized carbons (Fsp3) is 0.588. The number of benzene rings is 1. The van der Waals surface area contributed by atoms with Crippen molar-refractivity contribution in [2.45, 2.75) is 58.8 Å². The van der Waals surface area contributed by atoms with Gasteiger partial charge in [0.05, 0.1) is 0 Å². The SMILES string of the molecule is CC(C)(C)c1cc(NC(=O)CCCl)cc(C(C)(C)C)c1. The number of amides is 1. The average Bonchev–Trinajstić information content (AvgIpc) is 2.26. The van der Waals surface area contributed by atoms with Crippen molar-refractivity contribution in [1.82, 2.24) is 0 Å². The molecule has 0 aromatic heterocycles. The first kappa shape index (κ1) is 17.0. The van der Waals surface area contributed by atoms with Gasteiger partial charge >= 0.3 is 0 Å². The zero-order valence-electron chi connectivity index (χ0n) is 13.4. The lowest BCUT2D eigenvalue weighted by Gasteiger charge is -2.26. The molecule has 0 aliphatic carbocycles. The van der Waals surface area contributed by atoms with Crippen LogP contribution >= 0.6 is 11.6 Å². The summed E-state index contributed by atoms with van der Waals surface area (Å²) in [5.74, 6) is 0.308. The van der Waals surface area contributed by atoms with E-state index in [0.29, 0.717) is 12.3 Å². The minimum absolute atomic E-state index is 0.0362. The maximum atomic E-state index is 11.7. The lowest BCUT2D eigenvalue weighted by molar-refractivity contribution is -0.115. The summed E-state index contributed by atoms with van der Waals surface area (Å²) in [5.41, 5.74) is 3.41. The predicted octanol–water partition coefficient (Wildman–Crippen LogP) is 4.85. The second-order valence-electron chi connectivity index (χ2n) is 7.29. The molecule has 0 heterocycles. The van der Waals surface area contributed by atoms with E-state index in [1.165, 1.54) is 11.1 Å². The highest BCUT2D eigenvalue weighted by molar-refractivity contribution is 6.19. The molecule has 0 saturated heterocycles. The van der Waals surface area contributed by atoms with Crippen molar-refractivity contribution in [3.05, 3.63) is 29.3 Å². The number of anilines is 1. The van der Waals surface area contributed by atoms with Crippen LogP contribution in [0.3, 0.4) is 0 Å². The Labute approximate surface area is 127 Å². The summed E-state index contributed by atoms with van der Waals surface area (Å²) in [6.07, 6.45) is 0.339. The van der Waals surface area contributed by atoms with E-state index >= 15 is 0 Å². The Balaban J connectivity index is 3.21. The van der Waals surface area contributed by atoms with Gasteiger partial charge in [-0.1, -0.05) is 47.6 Å². The van der Waals surface area contributed by atoms with E-state index in [1.807, 2.05) is 0 Å². The van der Waals surface area contributed by atoms with Crippen LogP contribution < -0.4 is 5.32 Å². The lowest BCUT2D eigenvalue weighted by atomic mass is 9.80. The molecule has 3 heteroatoms. The van der Waals surface area contributed by atoms with Crippen molar-refractivity contribution in [2.24, 2.45) is 0 Å². The van der Waals surface area contributed by atoms with Gasteiger partial charge in [0.1, 0.15) is 0 Å². The first-order chi connectivity index (χ1) is 9.04. The summed E-state index contributed by atoms with van der Waals surface area (Å²) in [6, 6.07) is 6.35. The highest BCUT2D eigenvalue weighted by atomic mass is 35.5. The Kier molecular flexibility index (Phi) is 5.26. The summed E-state index contributed by atoms with van der Waals surface area (Å²) in [5, 5.41) is 2.94. The summed E-state index contributed by atoms with van der Waals surface area (Å²) < 4.78 is 0. The normalized spacial score (nSPS) is 12.3. The molecular weight excluding hydrogens is 270 g/mol. The van der Waals surface area contributed by atoms with Gasteiger partial charge < -0.3 is 5.32 Å². The number of hydrogen-bond donors (Lipinski definition) is 1. The third kappa shape index (κ3) is 4.82. The fourth-order valence-electron chi connectivity index (χ4n) is 1.88. The molecule has 1 aromatic rings. The third-order valence-electron chi connectivity index (χ3n) is 3.27. The van der Waals surface area contributed by atoms with Crippen LogP contribution in [-0.2, 0) is 15.6 Å². The molecule has 0 bridgehead atoms. The minimum Gasteiger partial charge on any atom is -0.326 e. The lowest BCUT2D eigenvalue weighted by Crippen LogP contribution is -2.18. The van der Waals surface area contributed by atoms with E-state index in [-0.39, 0.29) is 16.7 Å². The van der Waals surface area contributed by atoms with Crippen molar-refractivity contribution in [3.63, 3.8) is 0 Å². The van der Waals surface area contributed by atoms with Gasteiger partial charge in [0.15, 0.2) is 0 Å².